The summed E-state index contributed by atoms with van der Waals surface area (Å²) < 4.78 is 11.9. The topological polar surface area (TPSA) is 59.1 Å². The molecule has 0 N–H and O–H groups in total. The Balaban J connectivity index is 0.000000840. The van der Waals surface area contributed by atoms with Crippen LogP contribution in [0.4, 0.5) is 4.79 Å². The minimum Gasteiger partial charge on any atom is -0.491 e. The van der Waals surface area contributed by atoms with Gasteiger partial charge in [-0.3, -0.25) is 4.79 Å². The van der Waals surface area contributed by atoms with Crippen molar-refractivity contribution in [3.8, 4) is 5.75 Å². The fourth-order valence-electron chi connectivity index (χ4n) is 6.41. The lowest BCUT2D eigenvalue weighted by Crippen LogP contribution is -2.47. The molecular weight excluding hydrogens is 596 g/mol. The summed E-state index contributed by atoms with van der Waals surface area (Å²) in [7, 11) is 0. The van der Waals surface area contributed by atoms with Crippen LogP contribution in [0, 0.1) is 0 Å². The number of amides is 2. The minimum atomic E-state index is -0.481. The van der Waals surface area contributed by atoms with Gasteiger partial charge in [-0.05, 0) is 98.0 Å². The lowest BCUT2D eigenvalue weighted by Gasteiger charge is -2.37. The molecule has 2 aliphatic rings. The number of allylic oxidation sites excluding steroid dienone is 2. The van der Waals surface area contributed by atoms with Crippen LogP contribution in [0.3, 0.4) is 0 Å². The molecule has 6 nitrogen and oxygen atoms in total. The number of nitrogens with zero attached hydrogens (tertiary/aromatic N) is 2. The first-order valence-electron chi connectivity index (χ1n) is 16.9. The summed E-state index contributed by atoms with van der Waals surface area (Å²) in [5.74, 6) is 1.23. The SMILES string of the molecule is C=CCC=C.CC(C)(C)OC(=O)N1CCC(c2ccc(OCC3Cc4ccccc4CN3C(=O)c3cccc4ccccc34)cc2)CC1. The maximum absolute atomic E-state index is 14.0. The third-order valence-corrected chi connectivity index (χ3v) is 8.91. The first-order chi connectivity index (χ1) is 23.2. The van der Waals surface area contributed by atoms with E-state index < -0.39 is 5.60 Å². The van der Waals surface area contributed by atoms with Crippen molar-refractivity contribution in [2.45, 2.75) is 70.6 Å². The molecule has 0 aliphatic carbocycles. The van der Waals surface area contributed by atoms with Gasteiger partial charge >= 0.3 is 6.09 Å². The first-order valence-corrected chi connectivity index (χ1v) is 16.9. The van der Waals surface area contributed by atoms with Gasteiger partial charge in [-0.15, -0.1) is 13.2 Å². The van der Waals surface area contributed by atoms with E-state index in [9.17, 15) is 9.59 Å². The number of hydrogen-bond donors (Lipinski definition) is 0. The van der Waals surface area contributed by atoms with Crippen LogP contribution >= 0.6 is 0 Å². The normalized spacial score (nSPS) is 16.3. The average molecular weight is 645 g/mol. The van der Waals surface area contributed by atoms with Crippen LogP contribution < -0.4 is 4.74 Å². The number of carbonyl (C=O) groups excluding carboxylic acids is 2. The molecule has 1 fully saturated rings. The number of fused-ring (bicyclic) bond motifs is 2. The van der Waals surface area contributed by atoms with Crippen LogP contribution in [0.25, 0.3) is 10.8 Å². The van der Waals surface area contributed by atoms with Gasteiger partial charge in [-0.25, -0.2) is 4.79 Å². The molecule has 48 heavy (non-hydrogen) atoms. The molecule has 6 heteroatoms. The Morgan fingerprint density at radius 2 is 1.48 bits per heavy atom. The van der Waals surface area contributed by atoms with Crippen molar-refractivity contribution in [1.29, 1.82) is 0 Å². The van der Waals surface area contributed by atoms with Crippen molar-refractivity contribution in [2.75, 3.05) is 19.7 Å². The second kappa shape index (κ2) is 15.8. The quantitative estimate of drug-likeness (QED) is 0.188. The molecule has 0 aromatic heterocycles. The van der Waals surface area contributed by atoms with Gasteiger partial charge in [0.2, 0.25) is 0 Å². The third-order valence-electron chi connectivity index (χ3n) is 8.91. The highest BCUT2D eigenvalue weighted by molar-refractivity contribution is 6.07. The van der Waals surface area contributed by atoms with Crippen LogP contribution in [0.1, 0.15) is 73.0 Å². The van der Waals surface area contributed by atoms with Crippen molar-refractivity contribution in [2.24, 2.45) is 0 Å². The van der Waals surface area contributed by atoms with Crippen molar-refractivity contribution >= 4 is 22.8 Å². The lowest BCUT2D eigenvalue weighted by molar-refractivity contribution is 0.0204. The molecule has 1 unspecified atom stereocenters. The van der Waals surface area contributed by atoms with Crippen LogP contribution in [-0.4, -0.2) is 53.1 Å². The highest BCUT2D eigenvalue weighted by Crippen LogP contribution is 2.31. The molecule has 0 spiro atoms. The Kier molecular flexibility index (Phi) is 11.4. The summed E-state index contributed by atoms with van der Waals surface area (Å²) in [6.45, 7) is 15.0. The van der Waals surface area contributed by atoms with E-state index in [2.05, 4.69) is 43.5 Å². The average Bonchev–Trinajstić information content (AvgIpc) is 3.10. The van der Waals surface area contributed by atoms with E-state index in [1.165, 1.54) is 16.7 Å². The fourth-order valence-corrected chi connectivity index (χ4v) is 6.41. The van der Waals surface area contributed by atoms with Crippen molar-refractivity contribution in [3.05, 3.63) is 139 Å². The van der Waals surface area contributed by atoms with Crippen molar-refractivity contribution in [1.82, 2.24) is 9.80 Å². The van der Waals surface area contributed by atoms with E-state index in [4.69, 9.17) is 9.47 Å². The minimum absolute atomic E-state index is 0.0352. The Bertz CT molecular complexity index is 1700. The number of benzene rings is 4. The van der Waals surface area contributed by atoms with Crippen molar-refractivity contribution < 1.29 is 19.1 Å². The van der Waals surface area contributed by atoms with Gasteiger partial charge < -0.3 is 19.3 Å². The molecule has 2 amide bonds. The van der Waals surface area contributed by atoms with Gasteiger partial charge in [-0.2, -0.15) is 0 Å². The molecule has 0 bridgehead atoms. The molecule has 0 radical (unpaired) electrons. The molecule has 4 aromatic carbocycles. The Morgan fingerprint density at radius 1 is 0.833 bits per heavy atom. The van der Waals surface area contributed by atoms with Crippen molar-refractivity contribution in [3.63, 3.8) is 0 Å². The van der Waals surface area contributed by atoms with Gasteiger partial charge in [0.1, 0.15) is 18.0 Å². The molecule has 4 aromatic rings. The Labute approximate surface area is 285 Å². The van der Waals surface area contributed by atoms with Gasteiger partial charge in [0, 0.05) is 25.2 Å². The highest BCUT2D eigenvalue weighted by Gasteiger charge is 2.32. The molecule has 0 saturated carbocycles. The number of rotatable bonds is 7. The highest BCUT2D eigenvalue weighted by atomic mass is 16.6. The number of ether oxygens (including phenoxy) is 2. The summed E-state index contributed by atoms with van der Waals surface area (Å²) >= 11 is 0. The van der Waals surface area contributed by atoms with E-state index in [1.54, 1.807) is 0 Å². The zero-order valence-electron chi connectivity index (χ0n) is 28.6. The number of likely N-dealkylation sites (tertiary alicyclic amines) is 1. The van der Waals surface area contributed by atoms with Gasteiger partial charge in [0.15, 0.2) is 0 Å². The maximum atomic E-state index is 14.0. The van der Waals surface area contributed by atoms with E-state index in [1.807, 2.05) is 103 Å². The number of carbonyl (C=O) groups is 2. The summed E-state index contributed by atoms with van der Waals surface area (Å²) in [5.41, 5.74) is 3.96. The molecule has 250 valence electrons. The van der Waals surface area contributed by atoms with E-state index in [-0.39, 0.29) is 18.0 Å². The summed E-state index contributed by atoms with van der Waals surface area (Å²) in [6, 6.07) is 30.6. The standard InChI is InChI=1S/C37H40N2O4.C5H8/c1-37(2,3)43-36(41)38-21-19-27(20-22-38)26-15-17-32(18-16-26)42-25-31-23-29-10-4-5-11-30(29)24-39(31)35(40)34-14-8-12-28-9-6-7-13-33(28)34;1-3-5-4-2/h4-18,27,31H,19-25H2,1-3H3;3-4H,1-2,5H2. The summed E-state index contributed by atoms with van der Waals surface area (Å²) in [4.78, 5) is 30.3. The van der Waals surface area contributed by atoms with Gasteiger partial charge in [-0.1, -0.05) is 84.9 Å². The van der Waals surface area contributed by atoms with Crippen LogP contribution in [0.5, 0.6) is 5.75 Å². The van der Waals surface area contributed by atoms with E-state index >= 15 is 0 Å². The van der Waals surface area contributed by atoms with Gasteiger partial charge in [0.25, 0.3) is 5.91 Å². The summed E-state index contributed by atoms with van der Waals surface area (Å²) in [5, 5.41) is 2.04. The second-order valence-corrected chi connectivity index (χ2v) is 13.5. The second-order valence-electron chi connectivity index (χ2n) is 13.5. The molecule has 1 atom stereocenters. The monoisotopic (exact) mass is 644 g/mol. The fraction of sp³-hybridized carbons (Fsp3) is 0.333. The zero-order valence-corrected chi connectivity index (χ0v) is 28.6. The Morgan fingerprint density at radius 3 is 2.15 bits per heavy atom. The Hall–Kier alpha value is -4.84. The molecule has 6 rings (SSSR count). The predicted octanol–water partition coefficient (Wildman–Crippen LogP) is 9.35. The summed E-state index contributed by atoms with van der Waals surface area (Å²) in [6.07, 6.45) is 6.88. The maximum Gasteiger partial charge on any atom is 0.410 e. The largest absolute Gasteiger partial charge is 0.491 e. The predicted molar refractivity (Wildman–Crippen MR) is 194 cm³/mol. The number of hydrogen-bond acceptors (Lipinski definition) is 4. The molecule has 2 aliphatic heterocycles. The molecule has 2 heterocycles. The van der Waals surface area contributed by atoms with Crippen LogP contribution in [0.15, 0.2) is 116 Å². The first kappa shape index (κ1) is 34.5. The van der Waals surface area contributed by atoms with Crippen LogP contribution in [0.2, 0.25) is 0 Å². The molecular formula is C42H48N2O4. The smallest absolute Gasteiger partial charge is 0.410 e. The van der Waals surface area contributed by atoms with E-state index in [0.29, 0.717) is 32.2 Å². The third kappa shape index (κ3) is 8.74. The molecule has 1 saturated heterocycles. The zero-order chi connectivity index (χ0) is 34.1. The lowest BCUT2D eigenvalue weighted by atomic mass is 9.89. The van der Waals surface area contributed by atoms with Gasteiger partial charge in [0.05, 0.1) is 6.04 Å². The number of piperidine rings is 1. The van der Waals surface area contributed by atoms with Crippen LogP contribution in [-0.2, 0) is 17.7 Å². The van der Waals surface area contributed by atoms with E-state index in [0.717, 1.165) is 47.8 Å².